The monoisotopic (exact) mass is 195 g/mol. The zero-order valence-electron chi connectivity index (χ0n) is 7.39. The molecule has 0 bridgehead atoms. The van der Waals surface area contributed by atoms with Crippen LogP contribution < -0.4 is 0 Å². The lowest BCUT2D eigenvalue weighted by Gasteiger charge is -2.12. The highest BCUT2D eigenvalue weighted by atomic mass is 32.2. The first-order chi connectivity index (χ1) is 6.34. The maximum Gasteiger partial charge on any atom is 0.0689 e. The quantitative estimate of drug-likeness (QED) is 0.727. The van der Waals surface area contributed by atoms with E-state index in [4.69, 9.17) is 0 Å². The van der Waals surface area contributed by atoms with Crippen LogP contribution in [0.2, 0.25) is 0 Å². The third kappa shape index (κ3) is 2.46. The van der Waals surface area contributed by atoms with Crippen LogP contribution >= 0.6 is 11.9 Å². The van der Waals surface area contributed by atoms with Gasteiger partial charge in [-0.2, -0.15) is 0 Å². The van der Waals surface area contributed by atoms with E-state index in [1.165, 1.54) is 4.90 Å². The van der Waals surface area contributed by atoms with Gasteiger partial charge in [0.15, 0.2) is 0 Å². The van der Waals surface area contributed by atoms with Crippen molar-refractivity contribution in [1.29, 1.82) is 0 Å². The van der Waals surface area contributed by atoms with Crippen molar-refractivity contribution in [3.63, 3.8) is 0 Å². The molecule has 0 amide bonds. The van der Waals surface area contributed by atoms with Gasteiger partial charge in [0.05, 0.1) is 6.10 Å². The Morgan fingerprint density at radius 1 is 1.31 bits per heavy atom. The first kappa shape index (κ1) is 9.06. The summed E-state index contributed by atoms with van der Waals surface area (Å²) in [5.74, 6) is 0. The molecule has 1 aliphatic heterocycles. The van der Waals surface area contributed by atoms with E-state index in [0.29, 0.717) is 0 Å². The molecule has 0 aliphatic carbocycles. The average molecular weight is 195 g/mol. The number of rotatable bonds is 2. The van der Waals surface area contributed by atoms with Gasteiger partial charge in [0.25, 0.3) is 0 Å². The summed E-state index contributed by atoms with van der Waals surface area (Å²) < 4.78 is 2.21. The molecule has 0 unspecified atom stereocenters. The van der Waals surface area contributed by atoms with Gasteiger partial charge in [0.1, 0.15) is 0 Å². The van der Waals surface area contributed by atoms with E-state index in [2.05, 4.69) is 16.4 Å². The van der Waals surface area contributed by atoms with Crippen LogP contribution in [0, 0.1) is 0 Å². The molecule has 0 radical (unpaired) electrons. The van der Waals surface area contributed by atoms with Crippen molar-refractivity contribution in [1.82, 2.24) is 4.31 Å². The van der Waals surface area contributed by atoms with Gasteiger partial charge in [-0.05, 0) is 30.5 Å². The number of nitrogens with zero attached hydrogens (tertiary/aromatic N) is 1. The molecule has 1 aromatic rings. The van der Waals surface area contributed by atoms with E-state index in [9.17, 15) is 5.11 Å². The van der Waals surface area contributed by atoms with Gasteiger partial charge in [0, 0.05) is 18.0 Å². The van der Waals surface area contributed by atoms with Crippen LogP contribution in [0.5, 0.6) is 0 Å². The van der Waals surface area contributed by atoms with Crippen molar-refractivity contribution >= 4 is 11.9 Å². The Morgan fingerprint density at radius 3 is 2.69 bits per heavy atom. The predicted octanol–water partition coefficient (Wildman–Crippen LogP) is 1.76. The van der Waals surface area contributed by atoms with Crippen LogP contribution in [0.3, 0.4) is 0 Å². The van der Waals surface area contributed by atoms with Crippen molar-refractivity contribution < 1.29 is 5.11 Å². The van der Waals surface area contributed by atoms with Crippen LogP contribution in [0.1, 0.15) is 6.42 Å². The summed E-state index contributed by atoms with van der Waals surface area (Å²) in [7, 11) is 0. The van der Waals surface area contributed by atoms with Gasteiger partial charge < -0.3 is 5.11 Å². The standard InChI is InChI=1S/C10H13NOS/c12-9-6-7-11(8-9)13-10-4-2-1-3-5-10/h1-5,9,12H,6-8H2/t9-/m0/s1. The highest BCUT2D eigenvalue weighted by molar-refractivity contribution is 7.97. The molecular formula is C10H13NOS. The maximum absolute atomic E-state index is 9.32. The second kappa shape index (κ2) is 4.13. The summed E-state index contributed by atoms with van der Waals surface area (Å²) in [6.45, 7) is 1.78. The molecular weight excluding hydrogens is 182 g/mol. The van der Waals surface area contributed by atoms with E-state index < -0.39 is 0 Å². The summed E-state index contributed by atoms with van der Waals surface area (Å²) in [5.41, 5.74) is 0. The largest absolute Gasteiger partial charge is 0.392 e. The fourth-order valence-electron chi connectivity index (χ4n) is 1.42. The minimum absolute atomic E-state index is 0.129. The Labute approximate surface area is 82.7 Å². The Hall–Kier alpha value is -0.510. The van der Waals surface area contributed by atoms with Crippen LogP contribution in [-0.2, 0) is 0 Å². The number of aliphatic hydroxyl groups is 1. The number of benzene rings is 1. The van der Waals surface area contributed by atoms with Crippen molar-refractivity contribution in [2.45, 2.75) is 17.4 Å². The van der Waals surface area contributed by atoms with Crippen molar-refractivity contribution in [3.8, 4) is 0 Å². The molecule has 1 heterocycles. The van der Waals surface area contributed by atoms with Crippen molar-refractivity contribution in [2.24, 2.45) is 0 Å². The Morgan fingerprint density at radius 2 is 2.08 bits per heavy atom. The molecule has 2 nitrogen and oxygen atoms in total. The Kier molecular flexibility index (Phi) is 2.88. The average Bonchev–Trinajstić information content (AvgIpc) is 2.53. The third-order valence-corrected chi connectivity index (χ3v) is 3.18. The van der Waals surface area contributed by atoms with Crippen LogP contribution in [0.25, 0.3) is 0 Å². The van der Waals surface area contributed by atoms with Crippen LogP contribution in [0.4, 0.5) is 0 Å². The molecule has 1 aliphatic rings. The van der Waals surface area contributed by atoms with Gasteiger partial charge in [-0.15, -0.1) is 0 Å². The molecule has 2 rings (SSSR count). The highest BCUT2D eigenvalue weighted by Gasteiger charge is 2.20. The van der Waals surface area contributed by atoms with E-state index in [1.807, 2.05) is 18.2 Å². The molecule has 0 spiro atoms. The van der Waals surface area contributed by atoms with E-state index in [0.717, 1.165) is 19.5 Å². The summed E-state index contributed by atoms with van der Waals surface area (Å²) in [6.07, 6.45) is 0.774. The molecule has 1 fully saturated rings. The zero-order chi connectivity index (χ0) is 9.10. The van der Waals surface area contributed by atoms with Crippen LogP contribution in [0.15, 0.2) is 35.2 Å². The second-order valence-electron chi connectivity index (χ2n) is 3.23. The third-order valence-electron chi connectivity index (χ3n) is 2.10. The molecule has 1 N–H and O–H groups in total. The highest BCUT2D eigenvalue weighted by Crippen LogP contribution is 2.26. The molecule has 70 valence electrons. The molecule has 13 heavy (non-hydrogen) atoms. The van der Waals surface area contributed by atoms with Crippen molar-refractivity contribution in [3.05, 3.63) is 30.3 Å². The van der Waals surface area contributed by atoms with Gasteiger partial charge in [-0.1, -0.05) is 18.2 Å². The topological polar surface area (TPSA) is 23.5 Å². The molecule has 0 aromatic heterocycles. The molecule has 0 saturated carbocycles. The second-order valence-corrected chi connectivity index (χ2v) is 4.41. The smallest absolute Gasteiger partial charge is 0.0689 e. The lowest BCUT2D eigenvalue weighted by atomic mass is 10.3. The number of hydrogen-bond donors (Lipinski definition) is 1. The maximum atomic E-state index is 9.32. The number of aliphatic hydroxyl groups excluding tert-OH is 1. The Bertz CT molecular complexity index is 265. The van der Waals surface area contributed by atoms with Gasteiger partial charge in [-0.3, -0.25) is 0 Å². The predicted molar refractivity (Wildman–Crippen MR) is 54.5 cm³/mol. The van der Waals surface area contributed by atoms with Gasteiger partial charge >= 0.3 is 0 Å². The zero-order valence-corrected chi connectivity index (χ0v) is 8.20. The fourth-order valence-corrected chi connectivity index (χ4v) is 2.44. The van der Waals surface area contributed by atoms with E-state index in [-0.39, 0.29) is 6.10 Å². The van der Waals surface area contributed by atoms with Gasteiger partial charge in [0.2, 0.25) is 0 Å². The summed E-state index contributed by atoms with van der Waals surface area (Å²) in [4.78, 5) is 1.25. The molecule has 3 heteroatoms. The first-order valence-electron chi connectivity index (χ1n) is 4.50. The molecule has 1 saturated heterocycles. The SMILES string of the molecule is O[C@H]1CCN(Sc2ccccc2)C1. The fraction of sp³-hybridized carbons (Fsp3) is 0.400. The lowest BCUT2D eigenvalue weighted by molar-refractivity contribution is 0.190. The molecule has 1 atom stereocenters. The van der Waals surface area contributed by atoms with Crippen LogP contribution in [-0.4, -0.2) is 28.6 Å². The van der Waals surface area contributed by atoms with E-state index in [1.54, 1.807) is 11.9 Å². The first-order valence-corrected chi connectivity index (χ1v) is 5.28. The minimum Gasteiger partial charge on any atom is -0.392 e. The van der Waals surface area contributed by atoms with E-state index >= 15 is 0 Å². The normalized spacial score (nSPS) is 23.6. The summed E-state index contributed by atoms with van der Waals surface area (Å²) in [6, 6.07) is 10.3. The van der Waals surface area contributed by atoms with Crippen molar-refractivity contribution in [2.75, 3.05) is 13.1 Å². The lowest BCUT2D eigenvalue weighted by Crippen LogP contribution is -2.13. The summed E-state index contributed by atoms with van der Waals surface area (Å²) in [5, 5.41) is 9.32. The number of hydrogen-bond acceptors (Lipinski definition) is 3. The minimum atomic E-state index is -0.129. The Balaban J connectivity index is 1.92. The summed E-state index contributed by atoms with van der Waals surface area (Å²) >= 11 is 1.73. The number of β-amino-alcohol motifs (C(OH)–C–C–N with tert-alkyl or cyclic N) is 1. The van der Waals surface area contributed by atoms with Gasteiger partial charge in [-0.25, -0.2) is 4.31 Å². The molecule has 1 aromatic carbocycles.